The van der Waals surface area contributed by atoms with Crippen LogP contribution in [0.15, 0.2) is 64.7 Å². The molecule has 2 aliphatic rings. The van der Waals surface area contributed by atoms with Crippen LogP contribution in [0.4, 0.5) is 5.69 Å². The van der Waals surface area contributed by atoms with Crippen molar-refractivity contribution in [3.05, 3.63) is 81.9 Å². The normalized spacial score (nSPS) is 26.4. The molecule has 0 bridgehead atoms. The largest absolute Gasteiger partial charge is 0.366 e. The summed E-state index contributed by atoms with van der Waals surface area (Å²) in [5, 5.41) is 5.53. The van der Waals surface area contributed by atoms with Crippen LogP contribution in [0.3, 0.4) is 0 Å². The predicted molar refractivity (Wildman–Crippen MR) is 142 cm³/mol. The zero-order valence-corrected chi connectivity index (χ0v) is 19.5. The molecule has 5 nitrogen and oxygen atoms in total. The summed E-state index contributed by atoms with van der Waals surface area (Å²) in [7, 11) is 0. The summed E-state index contributed by atoms with van der Waals surface area (Å²) in [4.78, 5) is 21.2. The number of carbonyl (C=O) groups excluding carboxylic acids is 1. The minimum atomic E-state index is -0.482. The second-order valence-corrected chi connectivity index (χ2v) is 8.76. The summed E-state index contributed by atoms with van der Waals surface area (Å²) < 4.78 is 0. The van der Waals surface area contributed by atoms with Gasteiger partial charge in [-0.3, -0.25) is 9.79 Å². The number of nitrogens with one attached hydrogen (secondary N) is 1. The van der Waals surface area contributed by atoms with E-state index < -0.39 is 5.91 Å². The third kappa shape index (κ3) is 5.41. The minimum Gasteiger partial charge on any atom is -0.366 e. The average molecular weight is 449 g/mol. The Morgan fingerprint density at radius 2 is 2.00 bits per heavy atom. The van der Waals surface area contributed by atoms with Gasteiger partial charge in [-0.25, -0.2) is 4.99 Å². The van der Waals surface area contributed by atoms with Crippen LogP contribution in [-0.2, 0) is 0 Å². The SMILES string of the molecule is C#Cc1ccc2/c(c1)=C\N=C(\Nc1cc(C(N)=O)cc(C3=C/C(C)C/C=C/N=C\3)c1)C(C)C\C=2. The fourth-order valence-corrected chi connectivity index (χ4v) is 4.00. The van der Waals surface area contributed by atoms with Crippen molar-refractivity contribution in [1.82, 2.24) is 0 Å². The Morgan fingerprint density at radius 1 is 1.15 bits per heavy atom. The Kier molecular flexibility index (Phi) is 6.89. The van der Waals surface area contributed by atoms with E-state index in [0.717, 1.165) is 51.5 Å². The average Bonchev–Trinajstić information content (AvgIpc) is 2.81. The van der Waals surface area contributed by atoms with Gasteiger partial charge in [0.05, 0.1) is 0 Å². The fourth-order valence-electron chi connectivity index (χ4n) is 4.00. The number of rotatable bonds is 3. The van der Waals surface area contributed by atoms with Crippen molar-refractivity contribution in [2.45, 2.75) is 26.7 Å². The van der Waals surface area contributed by atoms with Crippen molar-refractivity contribution < 1.29 is 4.79 Å². The third-order valence-corrected chi connectivity index (χ3v) is 5.95. The first kappa shape index (κ1) is 23.0. The van der Waals surface area contributed by atoms with E-state index in [1.807, 2.05) is 48.8 Å². The lowest BCUT2D eigenvalue weighted by Crippen LogP contribution is -2.29. The van der Waals surface area contributed by atoms with Crippen molar-refractivity contribution in [2.75, 3.05) is 5.32 Å². The molecule has 2 aromatic rings. The number of amides is 1. The lowest BCUT2D eigenvalue weighted by molar-refractivity contribution is 0.100. The number of terminal acetylenes is 1. The van der Waals surface area contributed by atoms with Crippen LogP contribution in [0.2, 0.25) is 0 Å². The quantitative estimate of drug-likeness (QED) is 0.700. The third-order valence-electron chi connectivity index (χ3n) is 5.95. The van der Waals surface area contributed by atoms with Gasteiger partial charge < -0.3 is 11.1 Å². The van der Waals surface area contributed by atoms with E-state index in [2.05, 4.69) is 42.2 Å². The number of benzene rings is 2. The van der Waals surface area contributed by atoms with E-state index in [1.54, 1.807) is 12.3 Å². The Morgan fingerprint density at radius 3 is 2.79 bits per heavy atom. The number of anilines is 1. The Hall–Kier alpha value is -4.17. The first-order valence-corrected chi connectivity index (χ1v) is 11.4. The van der Waals surface area contributed by atoms with Gasteiger partial charge in [0.15, 0.2) is 0 Å². The van der Waals surface area contributed by atoms with Crippen molar-refractivity contribution in [1.29, 1.82) is 0 Å². The first-order chi connectivity index (χ1) is 16.4. The predicted octanol–water partition coefficient (Wildman–Crippen LogP) is 3.84. The lowest BCUT2D eigenvalue weighted by Gasteiger charge is -2.18. The highest BCUT2D eigenvalue weighted by Crippen LogP contribution is 2.25. The van der Waals surface area contributed by atoms with Gasteiger partial charge in [0.1, 0.15) is 5.84 Å². The van der Waals surface area contributed by atoms with Crippen LogP contribution in [0.25, 0.3) is 17.8 Å². The molecule has 2 atom stereocenters. The molecule has 2 heterocycles. The van der Waals surface area contributed by atoms with Gasteiger partial charge in [-0.15, -0.1) is 6.42 Å². The summed E-state index contributed by atoms with van der Waals surface area (Å²) in [5.41, 5.74) is 9.49. The molecule has 0 aromatic heterocycles. The van der Waals surface area contributed by atoms with Crippen LogP contribution in [0.1, 0.15) is 48.2 Å². The van der Waals surface area contributed by atoms with Gasteiger partial charge in [-0.2, -0.15) is 0 Å². The molecule has 3 N–H and O–H groups in total. The number of nitrogens with zero attached hydrogens (tertiary/aromatic N) is 2. The van der Waals surface area contributed by atoms with Crippen LogP contribution in [-0.4, -0.2) is 18.0 Å². The fraction of sp³-hybridized carbons (Fsp3) is 0.207. The molecule has 0 saturated carbocycles. The van der Waals surface area contributed by atoms with E-state index in [1.165, 1.54) is 0 Å². The molecule has 2 unspecified atom stereocenters. The van der Waals surface area contributed by atoms with Crippen molar-refractivity contribution in [2.24, 2.45) is 27.6 Å². The molecule has 34 heavy (non-hydrogen) atoms. The van der Waals surface area contributed by atoms with Crippen molar-refractivity contribution >= 4 is 41.5 Å². The van der Waals surface area contributed by atoms with Gasteiger partial charge in [-0.05, 0) is 65.4 Å². The topological polar surface area (TPSA) is 79.8 Å². The highest BCUT2D eigenvalue weighted by molar-refractivity contribution is 6.11. The van der Waals surface area contributed by atoms with Crippen LogP contribution >= 0.6 is 0 Å². The molecule has 2 aliphatic heterocycles. The smallest absolute Gasteiger partial charge is 0.248 e. The second kappa shape index (κ2) is 10.2. The number of hydrogen-bond acceptors (Lipinski definition) is 4. The molecule has 4 rings (SSSR count). The Labute approximate surface area is 200 Å². The standard InChI is InChI=1S/C29H28N4O/c1-4-21-8-10-22-9-7-20(3)29(32-18-26(22)13-21)33-27-15-23(14-24(16-27)28(30)34)25-12-19(2)6-5-11-31-17-25/h1,5,8-20H,6-7H2,2-3H3,(H2,30,34)(H,32,33)/b11-5+,22-9-,25-12+,26-18-,31-17-. The highest BCUT2D eigenvalue weighted by Gasteiger charge is 2.14. The van der Waals surface area contributed by atoms with E-state index in [-0.39, 0.29) is 5.92 Å². The zero-order valence-electron chi connectivity index (χ0n) is 19.5. The van der Waals surface area contributed by atoms with Crippen LogP contribution < -0.4 is 21.5 Å². The number of fused-ring (bicyclic) bond motifs is 1. The second-order valence-electron chi connectivity index (χ2n) is 8.76. The van der Waals surface area contributed by atoms with Crippen LogP contribution in [0, 0.1) is 24.2 Å². The van der Waals surface area contributed by atoms with E-state index in [0.29, 0.717) is 11.5 Å². The Balaban J connectivity index is 1.75. The summed E-state index contributed by atoms with van der Waals surface area (Å²) in [6.45, 7) is 4.27. The summed E-state index contributed by atoms with van der Waals surface area (Å²) in [5.74, 6) is 3.49. The van der Waals surface area contributed by atoms with Gasteiger partial charge >= 0.3 is 0 Å². The maximum Gasteiger partial charge on any atom is 0.248 e. The number of nitrogens with two attached hydrogens (primary N) is 1. The number of carbonyl (C=O) groups is 1. The molecular weight excluding hydrogens is 420 g/mol. The molecule has 0 radical (unpaired) electrons. The molecule has 170 valence electrons. The number of amidine groups is 1. The van der Waals surface area contributed by atoms with Gasteiger partial charge in [0.25, 0.3) is 0 Å². The molecule has 5 heteroatoms. The zero-order chi connectivity index (χ0) is 24.1. The molecule has 1 amide bonds. The molecule has 0 saturated heterocycles. The van der Waals surface area contributed by atoms with Gasteiger partial charge in [0, 0.05) is 46.6 Å². The molecule has 2 aromatic carbocycles. The molecular formula is C29H28N4O. The highest BCUT2D eigenvalue weighted by atomic mass is 16.1. The van der Waals surface area contributed by atoms with Crippen molar-refractivity contribution in [3.63, 3.8) is 0 Å². The molecule has 0 fully saturated rings. The van der Waals surface area contributed by atoms with E-state index in [4.69, 9.17) is 17.1 Å². The Bertz CT molecular complexity index is 1400. The molecule has 0 spiro atoms. The maximum absolute atomic E-state index is 12.1. The summed E-state index contributed by atoms with van der Waals surface area (Å²) in [6, 6.07) is 11.5. The number of primary amides is 1. The first-order valence-electron chi connectivity index (χ1n) is 11.4. The van der Waals surface area contributed by atoms with Gasteiger partial charge in [0.2, 0.25) is 5.91 Å². The van der Waals surface area contributed by atoms with E-state index >= 15 is 0 Å². The summed E-state index contributed by atoms with van der Waals surface area (Å²) >= 11 is 0. The summed E-state index contributed by atoms with van der Waals surface area (Å²) in [6.07, 6.45) is 19.2. The number of aliphatic imine (C=N–C) groups is 2. The minimum absolute atomic E-state index is 0.143. The number of hydrogen-bond donors (Lipinski definition) is 2. The van der Waals surface area contributed by atoms with Gasteiger partial charge in [-0.1, -0.05) is 44.1 Å². The maximum atomic E-state index is 12.1. The monoisotopic (exact) mass is 448 g/mol. The van der Waals surface area contributed by atoms with E-state index in [9.17, 15) is 4.79 Å². The lowest BCUT2D eigenvalue weighted by atomic mass is 9.96. The van der Waals surface area contributed by atoms with Crippen LogP contribution in [0.5, 0.6) is 0 Å². The number of allylic oxidation sites excluding steroid dienone is 3. The molecule has 0 aliphatic carbocycles. The van der Waals surface area contributed by atoms with Crippen molar-refractivity contribution in [3.8, 4) is 12.3 Å².